The van der Waals surface area contributed by atoms with Crippen molar-refractivity contribution in [3.05, 3.63) is 88.8 Å². The summed E-state index contributed by atoms with van der Waals surface area (Å²) >= 11 is 0. The van der Waals surface area contributed by atoms with Crippen LogP contribution in [0, 0.1) is 6.92 Å². The molecule has 2 aliphatic rings. The summed E-state index contributed by atoms with van der Waals surface area (Å²) < 4.78 is 0. The lowest BCUT2D eigenvalue weighted by Crippen LogP contribution is -2.43. The van der Waals surface area contributed by atoms with Crippen molar-refractivity contribution in [2.24, 2.45) is 0 Å². The molecule has 1 saturated heterocycles. The van der Waals surface area contributed by atoms with E-state index in [2.05, 4.69) is 59.3 Å². The van der Waals surface area contributed by atoms with Gasteiger partial charge >= 0.3 is 0 Å². The van der Waals surface area contributed by atoms with Gasteiger partial charge in [-0.3, -0.25) is 9.88 Å². The average Bonchev–Trinajstić information content (AvgIpc) is 3.21. The Labute approximate surface area is 184 Å². The van der Waals surface area contributed by atoms with Crippen molar-refractivity contribution in [3.63, 3.8) is 0 Å². The highest BCUT2D eigenvalue weighted by atomic mass is 16.3. The van der Waals surface area contributed by atoms with Crippen molar-refractivity contribution in [1.29, 1.82) is 0 Å². The Bertz CT molecular complexity index is 1130. The number of allylic oxidation sites excluding steroid dienone is 1. The van der Waals surface area contributed by atoms with E-state index in [9.17, 15) is 5.11 Å². The zero-order valence-corrected chi connectivity index (χ0v) is 18.3. The number of phenolic OH excluding ortho intramolecular Hbond substituents is 1. The first kappa shape index (κ1) is 20.0. The molecule has 0 unspecified atom stereocenters. The van der Waals surface area contributed by atoms with Crippen molar-refractivity contribution in [2.75, 3.05) is 33.2 Å². The number of pyridine rings is 1. The van der Waals surface area contributed by atoms with Crippen molar-refractivity contribution in [1.82, 2.24) is 14.8 Å². The third-order valence-electron chi connectivity index (χ3n) is 6.57. The monoisotopic (exact) mass is 411 g/mol. The van der Waals surface area contributed by atoms with Crippen molar-refractivity contribution >= 4 is 5.57 Å². The van der Waals surface area contributed by atoms with Crippen LogP contribution in [-0.2, 0) is 13.0 Å². The Kier molecular flexibility index (Phi) is 5.34. The third-order valence-corrected chi connectivity index (χ3v) is 6.57. The molecule has 158 valence electrons. The number of rotatable bonds is 4. The lowest BCUT2D eigenvalue weighted by atomic mass is 9.96. The standard InChI is InChI=1S/C27H29N3O/c1-19-3-6-22(16-27(19)31)24-9-10-26-25(24)15-23(17-28-26)21-7-4-20(5-8-21)18-30-13-11-29(2)12-14-30/h3-9,15-17,31H,10-14,18H2,1-2H3. The Morgan fingerprint density at radius 2 is 1.65 bits per heavy atom. The summed E-state index contributed by atoms with van der Waals surface area (Å²) in [7, 11) is 2.19. The maximum atomic E-state index is 10.1. The van der Waals surface area contributed by atoms with Gasteiger partial charge in [-0.1, -0.05) is 42.5 Å². The summed E-state index contributed by atoms with van der Waals surface area (Å²) in [5, 5.41) is 10.1. The molecular formula is C27H29N3O. The summed E-state index contributed by atoms with van der Waals surface area (Å²) in [6, 6.07) is 17.1. The minimum absolute atomic E-state index is 0.340. The average molecular weight is 412 g/mol. The molecule has 3 aromatic rings. The predicted octanol–water partition coefficient (Wildman–Crippen LogP) is 4.50. The predicted molar refractivity (Wildman–Crippen MR) is 126 cm³/mol. The normalized spacial score (nSPS) is 16.9. The van der Waals surface area contributed by atoms with Crippen LogP contribution < -0.4 is 0 Å². The van der Waals surface area contributed by atoms with E-state index in [1.165, 1.54) is 16.7 Å². The van der Waals surface area contributed by atoms with Crippen LogP contribution in [0.25, 0.3) is 16.7 Å². The highest BCUT2D eigenvalue weighted by molar-refractivity contribution is 5.86. The second-order valence-corrected chi connectivity index (χ2v) is 8.82. The van der Waals surface area contributed by atoms with Gasteiger partial charge in [0.05, 0.1) is 5.69 Å². The van der Waals surface area contributed by atoms with Gasteiger partial charge in [0.2, 0.25) is 0 Å². The van der Waals surface area contributed by atoms with Gasteiger partial charge in [-0.05, 0) is 53.9 Å². The quantitative estimate of drug-likeness (QED) is 0.686. The largest absolute Gasteiger partial charge is 0.508 e. The zero-order valence-electron chi connectivity index (χ0n) is 18.3. The van der Waals surface area contributed by atoms with Crippen LogP contribution in [0.4, 0.5) is 0 Å². The number of benzene rings is 2. The first-order valence-electron chi connectivity index (χ1n) is 11.1. The number of fused-ring (bicyclic) bond motifs is 1. The van der Waals surface area contributed by atoms with Crippen LogP contribution in [0.2, 0.25) is 0 Å². The molecule has 1 aliphatic carbocycles. The van der Waals surface area contributed by atoms with Crippen molar-refractivity contribution in [2.45, 2.75) is 19.9 Å². The summed E-state index contributed by atoms with van der Waals surface area (Å²) in [4.78, 5) is 9.66. The molecule has 1 N–H and O–H groups in total. The number of hydrogen-bond acceptors (Lipinski definition) is 4. The lowest BCUT2D eigenvalue weighted by Gasteiger charge is -2.32. The molecule has 0 saturated carbocycles. The minimum Gasteiger partial charge on any atom is -0.508 e. The first-order valence-corrected chi connectivity index (χ1v) is 11.1. The van der Waals surface area contributed by atoms with Gasteiger partial charge in [0, 0.05) is 56.5 Å². The Morgan fingerprint density at radius 3 is 2.39 bits per heavy atom. The molecule has 2 aromatic carbocycles. The molecule has 0 bridgehead atoms. The molecule has 1 aliphatic heterocycles. The number of piperazine rings is 1. The maximum absolute atomic E-state index is 10.1. The molecule has 4 nitrogen and oxygen atoms in total. The van der Waals surface area contributed by atoms with Crippen LogP contribution >= 0.6 is 0 Å². The van der Waals surface area contributed by atoms with Gasteiger partial charge in [-0.2, -0.15) is 0 Å². The smallest absolute Gasteiger partial charge is 0.119 e. The van der Waals surface area contributed by atoms with E-state index in [-0.39, 0.29) is 0 Å². The highest BCUT2D eigenvalue weighted by Crippen LogP contribution is 2.36. The molecule has 0 radical (unpaired) electrons. The molecule has 0 atom stereocenters. The number of aromatic hydroxyl groups is 1. The van der Waals surface area contributed by atoms with Gasteiger partial charge in [-0.25, -0.2) is 0 Å². The molecule has 0 amide bonds. The van der Waals surface area contributed by atoms with Crippen LogP contribution in [-0.4, -0.2) is 53.1 Å². The topological polar surface area (TPSA) is 39.6 Å². The number of aromatic nitrogens is 1. The fourth-order valence-corrected chi connectivity index (χ4v) is 4.47. The molecule has 31 heavy (non-hydrogen) atoms. The van der Waals surface area contributed by atoms with E-state index in [0.717, 1.165) is 67.1 Å². The fourth-order valence-electron chi connectivity index (χ4n) is 4.47. The van der Waals surface area contributed by atoms with E-state index in [1.807, 2.05) is 25.3 Å². The van der Waals surface area contributed by atoms with Gasteiger partial charge in [0.15, 0.2) is 0 Å². The molecule has 5 rings (SSSR count). The molecule has 1 fully saturated rings. The molecule has 0 spiro atoms. The van der Waals surface area contributed by atoms with E-state index < -0.39 is 0 Å². The minimum atomic E-state index is 0.340. The Hall–Kier alpha value is -2.95. The lowest BCUT2D eigenvalue weighted by molar-refractivity contribution is 0.148. The fraction of sp³-hybridized carbons (Fsp3) is 0.296. The zero-order chi connectivity index (χ0) is 21.4. The Morgan fingerprint density at radius 1 is 0.903 bits per heavy atom. The first-order chi connectivity index (χ1) is 15.1. The second kappa shape index (κ2) is 8.29. The van der Waals surface area contributed by atoms with E-state index in [1.54, 1.807) is 0 Å². The molecule has 4 heteroatoms. The van der Waals surface area contributed by atoms with Gasteiger partial charge < -0.3 is 10.0 Å². The second-order valence-electron chi connectivity index (χ2n) is 8.82. The van der Waals surface area contributed by atoms with E-state index in [0.29, 0.717) is 5.75 Å². The van der Waals surface area contributed by atoms with Crippen LogP contribution in [0.3, 0.4) is 0 Å². The maximum Gasteiger partial charge on any atom is 0.119 e. The highest BCUT2D eigenvalue weighted by Gasteiger charge is 2.19. The van der Waals surface area contributed by atoms with Crippen molar-refractivity contribution < 1.29 is 5.11 Å². The Balaban J connectivity index is 1.36. The number of likely N-dealkylation sites (N-methyl/N-ethyl adjacent to an activating group) is 1. The summed E-state index contributed by atoms with van der Waals surface area (Å²) in [5.41, 5.74) is 9.05. The molecular weight excluding hydrogens is 382 g/mol. The summed E-state index contributed by atoms with van der Waals surface area (Å²) in [6.07, 6.45) is 5.03. The van der Waals surface area contributed by atoms with E-state index >= 15 is 0 Å². The van der Waals surface area contributed by atoms with Crippen LogP contribution in [0.1, 0.15) is 27.9 Å². The van der Waals surface area contributed by atoms with Crippen LogP contribution in [0.5, 0.6) is 5.75 Å². The SMILES string of the molecule is Cc1ccc(C2=CCc3ncc(-c4ccc(CN5CCN(C)CC5)cc4)cc32)cc1O. The van der Waals surface area contributed by atoms with Crippen LogP contribution in [0.15, 0.2) is 60.8 Å². The summed E-state index contributed by atoms with van der Waals surface area (Å²) in [6.45, 7) is 7.50. The number of aryl methyl sites for hydroxylation is 1. The third kappa shape index (κ3) is 4.14. The van der Waals surface area contributed by atoms with E-state index in [4.69, 9.17) is 4.98 Å². The number of phenols is 1. The van der Waals surface area contributed by atoms with Gasteiger partial charge in [0.25, 0.3) is 0 Å². The van der Waals surface area contributed by atoms with Gasteiger partial charge in [0.1, 0.15) is 5.75 Å². The van der Waals surface area contributed by atoms with Crippen molar-refractivity contribution in [3.8, 4) is 16.9 Å². The van der Waals surface area contributed by atoms with Gasteiger partial charge in [-0.15, -0.1) is 0 Å². The molecule has 1 aromatic heterocycles. The number of nitrogens with zero attached hydrogens (tertiary/aromatic N) is 3. The molecule has 2 heterocycles. The number of hydrogen-bond donors (Lipinski definition) is 1. The summed E-state index contributed by atoms with van der Waals surface area (Å²) in [5.74, 6) is 0.340.